The molecule has 0 spiro atoms. The molecule has 0 saturated carbocycles. The van der Waals surface area contributed by atoms with Gasteiger partial charge in [-0.1, -0.05) is 6.07 Å². The van der Waals surface area contributed by atoms with Crippen LogP contribution in [0, 0.1) is 0 Å². The van der Waals surface area contributed by atoms with Crippen LogP contribution in [0.4, 0.5) is 11.4 Å². The molecule has 30 heavy (non-hydrogen) atoms. The Kier molecular flexibility index (Phi) is 5.24. The molecule has 1 saturated heterocycles. The molecule has 2 aliphatic heterocycles. The molecule has 7 nitrogen and oxygen atoms in total. The van der Waals surface area contributed by atoms with Crippen molar-refractivity contribution in [3.63, 3.8) is 0 Å². The number of benzene rings is 1. The number of anilines is 2. The topological polar surface area (TPSA) is 77.0 Å². The summed E-state index contributed by atoms with van der Waals surface area (Å²) >= 11 is 0. The molecule has 1 amide bonds. The molecule has 0 radical (unpaired) electrons. The Bertz CT molecular complexity index is 980. The molecule has 1 aromatic heterocycles. The van der Waals surface area contributed by atoms with Crippen LogP contribution in [0.1, 0.15) is 25.8 Å². The van der Waals surface area contributed by atoms with Gasteiger partial charge in [0.05, 0.1) is 11.9 Å². The van der Waals surface area contributed by atoms with Crippen LogP contribution in [0.15, 0.2) is 36.7 Å². The largest absolute Gasteiger partial charge is 0.480 e. The predicted octanol–water partition coefficient (Wildman–Crippen LogP) is 2.64. The highest BCUT2D eigenvalue weighted by molar-refractivity contribution is 5.96. The van der Waals surface area contributed by atoms with E-state index < -0.39 is 11.5 Å². The normalized spacial score (nSPS) is 17.8. The molecule has 2 aliphatic rings. The third kappa shape index (κ3) is 3.65. The first kappa shape index (κ1) is 20.3. The number of aromatic nitrogens is 1. The molecule has 158 valence electrons. The van der Waals surface area contributed by atoms with Crippen molar-refractivity contribution in [2.45, 2.75) is 32.2 Å². The van der Waals surface area contributed by atoms with Crippen LogP contribution in [-0.2, 0) is 16.0 Å². The van der Waals surface area contributed by atoms with E-state index in [0.29, 0.717) is 19.5 Å². The fourth-order valence-electron chi connectivity index (χ4n) is 4.25. The fraction of sp³-hybridized carbons (Fsp3) is 0.435. The van der Waals surface area contributed by atoms with Gasteiger partial charge in [-0.25, -0.2) is 0 Å². The zero-order chi connectivity index (χ0) is 21.5. The van der Waals surface area contributed by atoms with Gasteiger partial charge in [-0.2, -0.15) is 0 Å². The van der Waals surface area contributed by atoms with Crippen molar-refractivity contribution in [1.29, 1.82) is 0 Å². The minimum atomic E-state index is -0.857. The lowest BCUT2D eigenvalue weighted by molar-refractivity contribution is -0.149. The zero-order valence-electron chi connectivity index (χ0n) is 17.8. The minimum absolute atomic E-state index is 0.157. The summed E-state index contributed by atoms with van der Waals surface area (Å²) in [6.07, 6.45) is 5.04. The first-order valence-corrected chi connectivity index (χ1v) is 10.4. The smallest absolute Gasteiger partial charge is 0.323 e. The van der Waals surface area contributed by atoms with E-state index in [1.807, 2.05) is 36.5 Å². The lowest BCUT2D eigenvalue weighted by atomic mass is 9.96. The maximum atomic E-state index is 11.9. The van der Waals surface area contributed by atoms with Crippen LogP contribution in [0.25, 0.3) is 11.1 Å². The fourth-order valence-corrected chi connectivity index (χ4v) is 4.25. The van der Waals surface area contributed by atoms with Crippen molar-refractivity contribution in [2.24, 2.45) is 0 Å². The number of hydrogen-bond donors (Lipinski definition) is 1. The molecule has 0 aliphatic carbocycles. The van der Waals surface area contributed by atoms with Crippen LogP contribution in [0.5, 0.6) is 0 Å². The molecule has 0 bridgehead atoms. The first-order chi connectivity index (χ1) is 14.3. The van der Waals surface area contributed by atoms with Crippen LogP contribution < -0.4 is 9.80 Å². The summed E-state index contributed by atoms with van der Waals surface area (Å²) in [6, 6.07) is 8.36. The standard InChI is InChI=1S/C23H28N4O3/c1-23(2,22(29)30)27-10-8-26(9-11-27)19-13-18(14-24-15-19)16-4-6-20-17(12-16)5-7-21(28)25(20)3/h4,6,12-15H,5,7-11H2,1-3H3,(H,29,30). The quantitative estimate of drug-likeness (QED) is 0.838. The van der Waals surface area contributed by atoms with Crippen molar-refractivity contribution in [1.82, 2.24) is 9.88 Å². The molecule has 0 unspecified atom stereocenters. The number of fused-ring (bicyclic) bond motifs is 1. The zero-order valence-corrected chi connectivity index (χ0v) is 17.8. The van der Waals surface area contributed by atoms with Gasteiger partial charge in [0.25, 0.3) is 0 Å². The van der Waals surface area contributed by atoms with Gasteiger partial charge in [-0.15, -0.1) is 0 Å². The number of amides is 1. The summed E-state index contributed by atoms with van der Waals surface area (Å²) in [5.74, 6) is -0.636. The SMILES string of the molecule is CN1C(=O)CCc2cc(-c3cncc(N4CCN(C(C)(C)C(=O)O)CC4)c3)ccc21. The maximum absolute atomic E-state index is 11.9. The molecule has 0 atom stereocenters. The predicted molar refractivity (Wildman–Crippen MR) is 117 cm³/mol. The summed E-state index contributed by atoms with van der Waals surface area (Å²) in [5, 5.41) is 9.47. The van der Waals surface area contributed by atoms with E-state index in [1.54, 1.807) is 18.7 Å². The summed E-state index contributed by atoms with van der Waals surface area (Å²) in [7, 11) is 1.83. The van der Waals surface area contributed by atoms with Crippen molar-refractivity contribution in [2.75, 3.05) is 43.0 Å². The Morgan fingerprint density at radius 1 is 1.03 bits per heavy atom. The highest BCUT2D eigenvalue weighted by atomic mass is 16.4. The number of piperazine rings is 1. The molecule has 1 aromatic carbocycles. The number of carboxylic acid groups (broad SMARTS) is 1. The van der Waals surface area contributed by atoms with Gasteiger partial charge in [0.2, 0.25) is 5.91 Å². The first-order valence-electron chi connectivity index (χ1n) is 10.4. The number of carbonyl (C=O) groups is 2. The van der Waals surface area contributed by atoms with Gasteiger partial charge in [0.1, 0.15) is 5.54 Å². The van der Waals surface area contributed by atoms with Crippen molar-refractivity contribution >= 4 is 23.3 Å². The number of carbonyl (C=O) groups excluding carboxylic acids is 1. The minimum Gasteiger partial charge on any atom is -0.480 e. The van der Waals surface area contributed by atoms with Gasteiger partial charge < -0.3 is 14.9 Å². The summed E-state index contributed by atoms with van der Waals surface area (Å²) < 4.78 is 0. The second-order valence-corrected chi connectivity index (χ2v) is 8.57. The monoisotopic (exact) mass is 408 g/mol. The lowest BCUT2D eigenvalue weighted by Crippen LogP contribution is -2.58. The van der Waals surface area contributed by atoms with E-state index in [0.717, 1.165) is 42.0 Å². The van der Waals surface area contributed by atoms with E-state index >= 15 is 0 Å². The summed E-state index contributed by atoms with van der Waals surface area (Å²) in [5.41, 5.74) is 4.50. The Balaban J connectivity index is 1.52. The van der Waals surface area contributed by atoms with E-state index in [1.165, 1.54) is 5.56 Å². The average Bonchev–Trinajstić information content (AvgIpc) is 2.76. The third-order valence-electron chi connectivity index (χ3n) is 6.44. The van der Waals surface area contributed by atoms with Gasteiger partial charge in [0, 0.05) is 57.1 Å². The Morgan fingerprint density at radius 3 is 2.47 bits per heavy atom. The van der Waals surface area contributed by atoms with E-state index in [2.05, 4.69) is 22.0 Å². The van der Waals surface area contributed by atoms with Gasteiger partial charge in [-0.05, 0) is 49.6 Å². The summed E-state index contributed by atoms with van der Waals surface area (Å²) in [4.78, 5) is 33.9. The molecule has 3 heterocycles. The maximum Gasteiger partial charge on any atom is 0.323 e. The van der Waals surface area contributed by atoms with Crippen LogP contribution in [-0.4, -0.2) is 65.6 Å². The number of rotatable bonds is 4. The Morgan fingerprint density at radius 2 is 1.77 bits per heavy atom. The molecule has 7 heteroatoms. The second-order valence-electron chi connectivity index (χ2n) is 8.57. The molecule has 1 fully saturated rings. The molecule has 4 rings (SSSR count). The average molecular weight is 409 g/mol. The second kappa shape index (κ2) is 7.72. The molecular formula is C23H28N4O3. The molecule has 2 aromatic rings. The third-order valence-corrected chi connectivity index (χ3v) is 6.44. The molecular weight excluding hydrogens is 380 g/mol. The Labute approximate surface area is 176 Å². The van der Waals surface area contributed by atoms with Gasteiger partial charge in [-0.3, -0.25) is 19.5 Å². The van der Waals surface area contributed by atoms with E-state index in [9.17, 15) is 14.7 Å². The lowest BCUT2D eigenvalue weighted by Gasteiger charge is -2.42. The van der Waals surface area contributed by atoms with Gasteiger partial charge >= 0.3 is 5.97 Å². The van der Waals surface area contributed by atoms with Crippen molar-refractivity contribution in [3.05, 3.63) is 42.2 Å². The van der Waals surface area contributed by atoms with Crippen LogP contribution in [0.3, 0.4) is 0 Å². The number of aliphatic carboxylic acids is 1. The number of hydrogen-bond acceptors (Lipinski definition) is 5. The summed E-state index contributed by atoms with van der Waals surface area (Å²) in [6.45, 7) is 6.44. The van der Waals surface area contributed by atoms with Crippen molar-refractivity contribution in [3.8, 4) is 11.1 Å². The number of carboxylic acids is 1. The molecule has 1 N–H and O–H groups in total. The number of pyridine rings is 1. The van der Waals surface area contributed by atoms with Crippen molar-refractivity contribution < 1.29 is 14.7 Å². The highest BCUT2D eigenvalue weighted by Crippen LogP contribution is 2.32. The van der Waals surface area contributed by atoms with Crippen LogP contribution >= 0.6 is 0 Å². The van der Waals surface area contributed by atoms with E-state index in [-0.39, 0.29) is 5.91 Å². The highest BCUT2D eigenvalue weighted by Gasteiger charge is 2.36. The number of aryl methyl sites for hydroxylation is 1. The van der Waals surface area contributed by atoms with Gasteiger partial charge in [0.15, 0.2) is 0 Å². The Hall–Kier alpha value is -2.93. The van der Waals surface area contributed by atoms with Crippen LogP contribution in [0.2, 0.25) is 0 Å². The number of nitrogens with zero attached hydrogens (tertiary/aromatic N) is 4. The van der Waals surface area contributed by atoms with E-state index in [4.69, 9.17) is 0 Å².